The number of aromatic nitrogens is 3. The highest BCUT2D eigenvalue weighted by atomic mass is 19.1. The monoisotopic (exact) mass is 262 g/mol. The number of pyridine rings is 1. The number of aromatic amines is 1. The molecule has 1 aliphatic rings. The van der Waals surface area contributed by atoms with Crippen LogP contribution in [0.3, 0.4) is 0 Å². The lowest BCUT2D eigenvalue weighted by Crippen LogP contribution is -2.13. The Morgan fingerprint density at radius 2 is 2.16 bits per heavy atom. The number of nitrogens with two attached hydrogens (primary N) is 1. The molecule has 0 bridgehead atoms. The zero-order chi connectivity index (χ0) is 13.4. The summed E-state index contributed by atoms with van der Waals surface area (Å²) < 4.78 is 26.4. The molecule has 3 rings (SSSR count). The molecule has 0 aromatic carbocycles. The molecule has 0 saturated carbocycles. The van der Waals surface area contributed by atoms with Crippen molar-refractivity contribution in [3.8, 4) is 0 Å². The molecule has 2 aromatic rings. The summed E-state index contributed by atoms with van der Waals surface area (Å²) in [6.07, 6.45) is 1.98. The van der Waals surface area contributed by atoms with Gasteiger partial charge in [0, 0.05) is 0 Å². The van der Waals surface area contributed by atoms with Gasteiger partial charge in [-0.1, -0.05) is 0 Å². The van der Waals surface area contributed by atoms with Gasteiger partial charge < -0.3 is 5.73 Å². The average Bonchev–Trinajstić information content (AvgIpc) is 2.69. The molecule has 0 spiro atoms. The molecule has 1 aliphatic heterocycles. The van der Waals surface area contributed by atoms with E-state index in [1.165, 1.54) is 6.07 Å². The summed E-state index contributed by atoms with van der Waals surface area (Å²) in [4.78, 5) is 11.7. The van der Waals surface area contributed by atoms with Gasteiger partial charge >= 0.3 is 0 Å². The Hall–Kier alpha value is -2.64. The zero-order valence-corrected chi connectivity index (χ0v) is 9.56. The molecule has 0 atom stereocenters. The van der Waals surface area contributed by atoms with E-state index in [1.54, 1.807) is 0 Å². The molecule has 6 nitrogen and oxygen atoms in total. The van der Waals surface area contributed by atoms with E-state index in [-0.39, 0.29) is 18.1 Å². The van der Waals surface area contributed by atoms with Crippen LogP contribution in [0.5, 0.6) is 0 Å². The molecule has 0 unspecified atom stereocenters. The Kier molecular flexibility index (Phi) is 2.55. The zero-order valence-electron chi connectivity index (χ0n) is 9.56. The first-order chi connectivity index (χ1) is 9.13. The third-order valence-electron chi connectivity index (χ3n) is 2.53. The van der Waals surface area contributed by atoms with Crippen LogP contribution in [-0.2, 0) is 0 Å². The predicted molar refractivity (Wildman–Crippen MR) is 65.8 cm³/mol. The molecule has 0 saturated heterocycles. The number of hydrogen-bond donors (Lipinski definition) is 2. The van der Waals surface area contributed by atoms with Crippen LogP contribution in [0, 0.1) is 5.82 Å². The molecule has 0 fully saturated rings. The molecule has 8 heteroatoms. The Balaban J connectivity index is 2.19. The summed E-state index contributed by atoms with van der Waals surface area (Å²) in [5.74, 6) is -0.787. The van der Waals surface area contributed by atoms with Gasteiger partial charge in [0.05, 0.1) is 24.2 Å². The van der Waals surface area contributed by atoms with Crippen LogP contribution >= 0.6 is 0 Å². The molecule has 96 valence electrons. The van der Waals surface area contributed by atoms with Crippen molar-refractivity contribution in [3.05, 3.63) is 35.8 Å². The number of nitrogens with zero attached hydrogens (tertiary/aromatic N) is 4. The Labute approximate surface area is 105 Å². The van der Waals surface area contributed by atoms with Crippen molar-refractivity contribution in [1.82, 2.24) is 15.2 Å². The second-order valence-electron chi connectivity index (χ2n) is 3.93. The minimum absolute atomic E-state index is 0.0807. The number of rotatable bonds is 1. The first-order valence-corrected chi connectivity index (χ1v) is 5.39. The smallest absolute Gasteiger partial charge is 0.181 e. The molecule has 0 amide bonds. The normalized spacial score (nSPS) is 15.8. The van der Waals surface area contributed by atoms with Gasteiger partial charge in [-0.05, 0) is 6.07 Å². The number of hydrogen-bond acceptors (Lipinski definition) is 5. The highest BCUT2D eigenvalue weighted by Crippen LogP contribution is 2.18. The van der Waals surface area contributed by atoms with Gasteiger partial charge in [-0.15, -0.1) is 0 Å². The second kappa shape index (κ2) is 4.23. The Bertz CT molecular complexity index is 743. The molecular formula is C11H8F2N6. The van der Waals surface area contributed by atoms with Crippen LogP contribution in [0.15, 0.2) is 34.3 Å². The molecule has 3 heterocycles. The number of H-pyrrole nitrogens is 1. The summed E-state index contributed by atoms with van der Waals surface area (Å²) in [6.45, 7) is 0. The highest BCUT2D eigenvalue weighted by Gasteiger charge is 2.15. The molecule has 3 N–H and O–H groups in total. The summed E-state index contributed by atoms with van der Waals surface area (Å²) >= 11 is 0. The first kappa shape index (κ1) is 11.5. The lowest BCUT2D eigenvalue weighted by atomic mass is 10.2. The maximum Gasteiger partial charge on any atom is 0.181 e. The van der Waals surface area contributed by atoms with Gasteiger partial charge in [-0.3, -0.25) is 5.10 Å². The van der Waals surface area contributed by atoms with Gasteiger partial charge in [0.1, 0.15) is 23.2 Å². The fourth-order valence-corrected chi connectivity index (χ4v) is 1.72. The van der Waals surface area contributed by atoms with E-state index < -0.39 is 11.6 Å². The van der Waals surface area contributed by atoms with E-state index in [0.717, 1.165) is 12.4 Å². The van der Waals surface area contributed by atoms with Gasteiger partial charge in [0.2, 0.25) is 0 Å². The maximum absolute atomic E-state index is 13.2. The van der Waals surface area contributed by atoms with Crippen LogP contribution in [0.25, 0.3) is 11.0 Å². The molecule has 0 aliphatic carbocycles. The minimum atomic E-state index is -0.511. The minimum Gasteiger partial charge on any atom is -0.387 e. The van der Waals surface area contributed by atoms with Crippen LogP contribution in [-0.4, -0.2) is 26.9 Å². The number of aliphatic imine (C=N–C) groups is 2. The fraction of sp³-hybridized carbons (Fsp3) is 0.0909. The van der Waals surface area contributed by atoms with Crippen molar-refractivity contribution in [2.24, 2.45) is 15.7 Å². The van der Waals surface area contributed by atoms with E-state index in [2.05, 4.69) is 25.2 Å². The lowest BCUT2D eigenvalue weighted by Gasteiger charge is -1.98. The maximum atomic E-state index is 13.2. The average molecular weight is 262 g/mol. The number of amidine groups is 2. The molecule has 19 heavy (non-hydrogen) atoms. The first-order valence-electron chi connectivity index (χ1n) is 5.39. The van der Waals surface area contributed by atoms with Gasteiger partial charge in [0.25, 0.3) is 0 Å². The number of halogens is 2. The van der Waals surface area contributed by atoms with Crippen LogP contribution in [0.4, 0.5) is 8.78 Å². The molecule has 2 aromatic heterocycles. The summed E-state index contributed by atoms with van der Waals surface area (Å²) in [5, 5.41) is 6.96. The quantitative estimate of drug-likeness (QED) is 0.813. The van der Waals surface area contributed by atoms with E-state index in [9.17, 15) is 8.78 Å². The topological polar surface area (TPSA) is 92.3 Å². The number of nitrogens with one attached hydrogen (secondary N) is 1. The van der Waals surface area contributed by atoms with E-state index in [1.807, 2.05) is 0 Å². The van der Waals surface area contributed by atoms with Crippen LogP contribution in [0.2, 0.25) is 0 Å². The SMILES string of the molecule is NC1=NC(c2[nH]nc3ncc(F)cc23)=NC=C(F)C1. The van der Waals surface area contributed by atoms with E-state index in [0.29, 0.717) is 16.7 Å². The van der Waals surface area contributed by atoms with Crippen molar-refractivity contribution in [1.29, 1.82) is 0 Å². The Morgan fingerprint density at radius 1 is 1.32 bits per heavy atom. The van der Waals surface area contributed by atoms with Crippen molar-refractivity contribution in [3.63, 3.8) is 0 Å². The number of fused-ring (bicyclic) bond motifs is 1. The third kappa shape index (κ3) is 2.07. The van der Waals surface area contributed by atoms with Gasteiger partial charge in [0.15, 0.2) is 11.5 Å². The third-order valence-corrected chi connectivity index (χ3v) is 2.53. The predicted octanol–water partition coefficient (Wildman–Crippen LogP) is 1.42. The van der Waals surface area contributed by atoms with Gasteiger partial charge in [-0.2, -0.15) is 5.10 Å². The summed E-state index contributed by atoms with van der Waals surface area (Å²) in [5.41, 5.74) is 6.22. The largest absolute Gasteiger partial charge is 0.387 e. The Morgan fingerprint density at radius 3 is 3.00 bits per heavy atom. The fourth-order valence-electron chi connectivity index (χ4n) is 1.72. The van der Waals surface area contributed by atoms with E-state index >= 15 is 0 Å². The van der Waals surface area contributed by atoms with Crippen molar-refractivity contribution in [2.75, 3.05) is 0 Å². The second-order valence-corrected chi connectivity index (χ2v) is 3.93. The van der Waals surface area contributed by atoms with Crippen LogP contribution in [0.1, 0.15) is 12.1 Å². The standard InChI is InChI=1S/C11H8F2N6/c12-5-1-7-9(18-19-10(7)15-3-5)11-16-4-6(13)2-8(14)17-11/h1,3-4H,2H2,(H2,14,16,17)(H,15,18,19). The lowest BCUT2D eigenvalue weighted by molar-refractivity contribution is 0.621. The summed E-state index contributed by atoms with van der Waals surface area (Å²) in [6, 6.07) is 1.25. The molecule has 0 radical (unpaired) electrons. The van der Waals surface area contributed by atoms with Crippen molar-refractivity contribution in [2.45, 2.75) is 6.42 Å². The molecular weight excluding hydrogens is 254 g/mol. The van der Waals surface area contributed by atoms with Crippen molar-refractivity contribution >= 4 is 22.7 Å². The van der Waals surface area contributed by atoms with Gasteiger partial charge in [-0.25, -0.2) is 23.7 Å². The summed E-state index contributed by atoms with van der Waals surface area (Å²) in [7, 11) is 0. The van der Waals surface area contributed by atoms with Crippen LogP contribution < -0.4 is 5.73 Å². The highest BCUT2D eigenvalue weighted by molar-refractivity contribution is 6.12. The van der Waals surface area contributed by atoms with E-state index in [4.69, 9.17) is 5.73 Å². The van der Waals surface area contributed by atoms with Crippen molar-refractivity contribution < 1.29 is 8.78 Å².